The number of nitrogens with zero attached hydrogens (tertiary/aromatic N) is 1. The number of urea groups is 1. The standard InChI is InChI=1S/C20H17ClF2N2O3/c1-3-28-19(26)17-11(2)25(14-8-9-16(23)15(21)10-14)20(27)24-18(17)12-4-6-13(22)7-5-12/h4-10,18H,3H2,1-2H3,(H,24,27). The summed E-state index contributed by atoms with van der Waals surface area (Å²) in [5.41, 5.74) is 1.31. The van der Waals surface area contributed by atoms with Crippen LogP contribution in [-0.2, 0) is 9.53 Å². The van der Waals surface area contributed by atoms with Crippen LogP contribution in [0.5, 0.6) is 0 Å². The third-order valence-electron chi connectivity index (χ3n) is 4.34. The van der Waals surface area contributed by atoms with Gasteiger partial charge in [-0.05, 0) is 49.7 Å². The zero-order chi connectivity index (χ0) is 20.4. The number of carbonyl (C=O) groups is 2. The van der Waals surface area contributed by atoms with Crippen molar-refractivity contribution in [3.8, 4) is 0 Å². The van der Waals surface area contributed by atoms with Gasteiger partial charge in [0.2, 0.25) is 0 Å². The molecular formula is C20H17ClF2N2O3. The number of ether oxygens (including phenoxy) is 1. The number of hydrogen-bond donors (Lipinski definition) is 1. The fourth-order valence-electron chi connectivity index (χ4n) is 3.06. The van der Waals surface area contributed by atoms with Crippen molar-refractivity contribution in [2.75, 3.05) is 11.5 Å². The molecule has 1 unspecified atom stereocenters. The molecule has 0 bridgehead atoms. The van der Waals surface area contributed by atoms with Crippen molar-refractivity contribution in [1.82, 2.24) is 5.32 Å². The van der Waals surface area contributed by atoms with E-state index in [1.807, 2.05) is 0 Å². The molecule has 0 spiro atoms. The Kier molecular flexibility index (Phi) is 5.65. The molecule has 0 fully saturated rings. The highest BCUT2D eigenvalue weighted by Gasteiger charge is 2.37. The average Bonchev–Trinajstić information content (AvgIpc) is 2.65. The third kappa shape index (κ3) is 3.71. The van der Waals surface area contributed by atoms with Crippen LogP contribution in [0.4, 0.5) is 19.3 Å². The Labute approximate surface area is 165 Å². The van der Waals surface area contributed by atoms with Crippen molar-refractivity contribution in [1.29, 1.82) is 0 Å². The second kappa shape index (κ2) is 7.98. The molecule has 0 radical (unpaired) electrons. The Morgan fingerprint density at radius 2 is 1.89 bits per heavy atom. The van der Waals surface area contributed by atoms with Crippen LogP contribution in [0.3, 0.4) is 0 Å². The van der Waals surface area contributed by atoms with Gasteiger partial charge in [0.05, 0.1) is 28.9 Å². The summed E-state index contributed by atoms with van der Waals surface area (Å²) in [6.45, 7) is 3.39. The molecule has 2 aromatic carbocycles. The lowest BCUT2D eigenvalue weighted by atomic mass is 9.94. The Bertz CT molecular complexity index is 960. The van der Waals surface area contributed by atoms with E-state index < -0.39 is 29.7 Å². The summed E-state index contributed by atoms with van der Waals surface area (Å²) in [7, 11) is 0. The molecule has 2 amide bonds. The summed E-state index contributed by atoms with van der Waals surface area (Å²) in [6, 6.07) is 7.90. The van der Waals surface area contributed by atoms with E-state index in [-0.39, 0.29) is 17.2 Å². The average molecular weight is 407 g/mol. The molecule has 0 saturated heterocycles. The minimum Gasteiger partial charge on any atom is -0.463 e. The number of esters is 1. The summed E-state index contributed by atoms with van der Waals surface area (Å²) in [5, 5.41) is 2.57. The topological polar surface area (TPSA) is 58.6 Å². The van der Waals surface area contributed by atoms with Crippen LogP contribution in [-0.4, -0.2) is 18.6 Å². The molecule has 0 saturated carbocycles. The van der Waals surface area contributed by atoms with Gasteiger partial charge >= 0.3 is 12.0 Å². The number of hydrogen-bond acceptors (Lipinski definition) is 3. The third-order valence-corrected chi connectivity index (χ3v) is 4.63. The Balaban J connectivity index is 2.13. The van der Waals surface area contributed by atoms with Crippen LogP contribution in [0.2, 0.25) is 5.02 Å². The largest absolute Gasteiger partial charge is 0.463 e. The normalized spacial score (nSPS) is 16.8. The van der Waals surface area contributed by atoms with Gasteiger partial charge in [-0.2, -0.15) is 0 Å². The van der Waals surface area contributed by atoms with Crippen LogP contribution in [0.25, 0.3) is 0 Å². The van der Waals surface area contributed by atoms with Crippen LogP contribution >= 0.6 is 11.6 Å². The first-order chi connectivity index (χ1) is 13.3. The molecule has 1 aliphatic heterocycles. The first-order valence-corrected chi connectivity index (χ1v) is 8.90. The van der Waals surface area contributed by atoms with Gasteiger partial charge in [-0.25, -0.2) is 18.4 Å². The van der Waals surface area contributed by atoms with E-state index in [1.54, 1.807) is 13.8 Å². The van der Waals surface area contributed by atoms with E-state index in [2.05, 4.69) is 5.32 Å². The van der Waals surface area contributed by atoms with Gasteiger partial charge in [-0.3, -0.25) is 4.90 Å². The predicted octanol–water partition coefficient (Wildman–Crippen LogP) is 4.73. The molecule has 1 atom stereocenters. The smallest absolute Gasteiger partial charge is 0.338 e. The molecule has 28 heavy (non-hydrogen) atoms. The van der Waals surface area contributed by atoms with Gasteiger partial charge in [0.25, 0.3) is 0 Å². The predicted molar refractivity (Wildman–Crippen MR) is 101 cm³/mol. The van der Waals surface area contributed by atoms with Crippen LogP contribution in [0.1, 0.15) is 25.5 Å². The molecular weight excluding hydrogens is 390 g/mol. The minimum atomic E-state index is -0.820. The van der Waals surface area contributed by atoms with Gasteiger partial charge < -0.3 is 10.1 Å². The Morgan fingerprint density at radius 3 is 2.50 bits per heavy atom. The van der Waals surface area contributed by atoms with Crippen molar-refractivity contribution >= 4 is 29.3 Å². The molecule has 8 heteroatoms. The second-order valence-corrected chi connectivity index (χ2v) is 6.49. The van der Waals surface area contributed by atoms with Crippen LogP contribution in [0, 0.1) is 11.6 Å². The highest BCUT2D eigenvalue weighted by Crippen LogP contribution is 2.35. The quantitative estimate of drug-likeness (QED) is 0.747. The van der Waals surface area contributed by atoms with Gasteiger partial charge in [0.15, 0.2) is 0 Å². The fraction of sp³-hybridized carbons (Fsp3) is 0.200. The maximum atomic E-state index is 13.5. The molecule has 1 N–H and O–H groups in total. The van der Waals surface area contributed by atoms with Gasteiger partial charge in [0.1, 0.15) is 11.6 Å². The number of nitrogens with one attached hydrogen (secondary N) is 1. The van der Waals surface area contributed by atoms with E-state index in [1.165, 1.54) is 41.3 Å². The maximum Gasteiger partial charge on any atom is 0.338 e. The lowest BCUT2D eigenvalue weighted by Gasteiger charge is -2.35. The van der Waals surface area contributed by atoms with Crippen molar-refractivity contribution in [3.05, 3.63) is 76.0 Å². The van der Waals surface area contributed by atoms with Crippen LogP contribution in [0.15, 0.2) is 53.7 Å². The summed E-state index contributed by atoms with van der Waals surface area (Å²) in [5.74, 6) is -1.68. The van der Waals surface area contributed by atoms with E-state index in [4.69, 9.17) is 16.3 Å². The fourth-order valence-corrected chi connectivity index (χ4v) is 3.23. The molecule has 0 aromatic heterocycles. The Hall–Kier alpha value is -2.93. The molecule has 146 valence electrons. The molecule has 0 aliphatic carbocycles. The number of allylic oxidation sites excluding steroid dienone is 1. The van der Waals surface area contributed by atoms with Crippen molar-refractivity contribution in [2.24, 2.45) is 0 Å². The van der Waals surface area contributed by atoms with Gasteiger partial charge in [-0.1, -0.05) is 23.7 Å². The van der Waals surface area contributed by atoms with Crippen LogP contribution < -0.4 is 10.2 Å². The minimum absolute atomic E-state index is 0.141. The first kappa shape index (κ1) is 19.8. The highest BCUT2D eigenvalue weighted by molar-refractivity contribution is 6.31. The summed E-state index contributed by atoms with van der Waals surface area (Å²) < 4.78 is 32.0. The van der Waals surface area contributed by atoms with E-state index in [0.29, 0.717) is 16.9 Å². The number of benzene rings is 2. The van der Waals surface area contributed by atoms with E-state index in [9.17, 15) is 18.4 Å². The summed E-state index contributed by atoms with van der Waals surface area (Å²) >= 11 is 5.84. The SMILES string of the molecule is CCOC(=O)C1=C(C)N(c2ccc(F)c(Cl)c2)C(=O)NC1c1ccc(F)cc1. The molecule has 1 aliphatic rings. The lowest BCUT2D eigenvalue weighted by molar-refractivity contribution is -0.139. The number of amides is 2. The summed E-state index contributed by atoms with van der Waals surface area (Å²) in [4.78, 5) is 26.7. The van der Waals surface area contributed by atoms with Gasteiger partial charge in [0, 0.05) is 5.70 Å². The zero-order valence-electron chi connectivity index (χ0n) is 15.1. The number of anilines is 1. The van der Waals surface area contributed by atoms with Gasteiger partial charge in [-0.15, -0.1) is 0 Å². The Morgan fingerprint density at radius 1 is 1.21 bits per heavy atom. The highest BCUT2D eigenvalue weighted by atomic mass is 35.5. The second-order valence-electron chi connectivity index (χ2n) is 6.09. The van der Waals surface area contributed by atoms with E-state index >= 15 is 0 Å². The number of carbonyl (C=O) groups excluding carboxylic acids is 2. The van der Waals surface area contributed by atoms with Crippen molar-refractivity contribution in [2.45, 2.75) is 19.9 Å². The zero-order valence-corrected chi connectivity index (χ0v) is 15.9. The summed E-state index contributed by atoms with van der Waals surface area (Å²) in [6.07, 6.45) is 0. The van der Waals surface area contributed by atoms with Crippen molar-refractivity contribution < 1.29 is 23.1 Å². The van der Waals surface area contributed by atoms with Crippen molar-refractivity contribution in [3.63, 3.8) is 0 Å². The lowest BCUT2D eigenvalue weighted by Crippen LogP contribution is -2.48. The first-order valence-electron chi connectivity index (χ1n) is 8.52. The van der Waals surface area contributed by atoms with E-state index in [0.717, 1.165) is 6.07 Å². The number of halogens is 3. The molecule has 5 nitrogen and oxygen atoms in total. The molecule has 1 heterocycles. The number of rotatable bonds is 4. The maximum absolute atomic E-state index is 13.5. The monoisotopic (exact) mass is 406 g/mol. The molecule has 3 rings (SSSR count). The molecule has 2 aromatic rings.